The summed E-state index contributed by atoms with van der Waals surface area (Å²) in [6, 6.07) is 0.273. The van der Waals surface area contributed by atoms with E-state index in [0.29, 0.717) is 24.5 Å². The van der Waals surface area contributed by atoms with Crippen molar-refractivity contribution in [2.24, 2.45) is 23.2 Å². The molecule has 25 heavy (non-hydrogen) atoms. The number of nitrogens with one attached hydrogen (secondary N) is 2. The first-order valence-corrected chi connectivity index (χ1v) is 10.2. The van der Waals surface area contributed by atoms with E-state index in [-0.39, 0.29) is 11.9 Å². The van der Waals surface area contributed by atoms with Crippen LogP contribution in [0, 0.1) is 23.2 Å². The largest absolute Gasteiger partial charge is 0.325 e. The minimum Gasteiger partial charge on any atom is -0.324 e. The van der Waals surface area contributed by atoms with Crippen LogP contribution in [0.1, 0.15) is 65.7 Å². The minimum atomic E-state index is -0.763. The van der Waals surface area contributed by atoms with Crippen LogP contribution in [0.5, 0.6) is 0 Å². The van der Waals surface area contributed by atoms with E-state index in [1.807, 2.05) is 0 Å². The zero-order valence-corrected chi connectivity index (χ0v) is 15.9. The average molecular weight is 348 g/mol. The summed E-state index contributed by atoms with van der Waals surface area (Å²) in [6.07, 6.45) is 9.70. The van der Waals surface area contributed by atoms with Gasteiger partial charge in [-0.25, -0.2) is 4.79 Å². The van der Waals surface area contributed by atoms with E-state index < -0.39 is 5.54 Å². The van der Waals surface area contributed by atoms with E-state index in [2.05, 4.69) is 17.6 Å². The normalized spacial score (nSPS) is 39.8. The third kappa shape index (κ3) is 2.88. The zero-order valence-electron chi connectivity index (χ0n) is 15.9. The van der Waals surface area contributed by atoms with Crippen molar-refractivity contribution in [3.63, 3.8) is 0 Å². The lowest BCUT2D eigenvalue weighted by Gasteiger charge is -2.59. The van der Waals surface area contributed by atoms with E-state index in [0.717, 1.165) is 24.2 Å². The van der Waals surface area contributed by atoms with Crippen LogP contribution in [0.4, 0.5) is 4.79 Å². The first-order chi connectivity index (χ1) is 11.8. The number of carbonyl (C=O) groups is 2. The molecule has 0 unspecified atom stereocenters. The Bertz CT molecular complexity index is 536. The fourth-order valence-electron chi connectivity index (χ4n) is 6.77. The van der Waals surface area contributed by atoms with E-state index in [1.54, 1.807) is 13.8 Å². The maximum atomic E-state index is 12.3. The van der Waals surface area contributed by atoms with Gasteiger partial charge in [-0.1, -0.05) is 6.92 Å². The molecule has 5 rings (SSSR count). The van der Waals surface area contributed by atoms with Crippen molar-refractivity contribution in [2.75, 3.05) is 13.1 Å². The monoisotopic (exact) mass is 347 g/mol. The highest BCUT2D eigenvalue weighted by Crippen LogP contribution is 2.61. The molecule has 3 amide bonds. The van der Waals surface area contributed by atoms with Crippen molar-refractivity contribution in [1.82, 2.24) is 15.5 Å². The van der Waals surface area contributed by atoms with Gasteiger partial charge in [0.25, 0.3) is 5.91 Å². The van der Waals surface area contributed by atoms with Crippen LogP contribution in [-0.4, -0.2) is 41.5 Å². The van der Waals surface area contributed by atoms with Gasteiger partial charge in [0.15, 0.2) is 0 Å². The highest BCUT2D eigenvalue weighted by atomic mass is 16.2. The molecule has 1 heterocycles. The van der Waals surface area contributed by atoms with Gasteiger partial charge in [-0.15, -0.1) is 0 Å². The molecule has 0 spiro atoms. The van der Waals surface area contributed by atoms with Crippen LogP contribution < -0.4 is 10.6 Å². The molecule has 2 N–H and O–H groups in total. The van der Waals surface area contributed by atoms with Gasteiger partial charge in [0.2, 0.25) is 0 Å². The van der Waals surface area contributed by atoms with Crippen molar-refractivity contribution in [2.45, 2.75) is 77.3 Å². The number of amides is 3. The standard InChI is InChI=1S/C20H33N3O2/c1-4-16(20-10-13-7-14(11-20)9-15(8-13)12-20)21-5-6-23-17(24)19(2,3)22-18(23)25/h13-16,21H,4-12H2,1-3H3,(H,22,25)/t13?,14?,15?,16-,20?/m0/s1. The molecule has 4 saturated carbocycles. The Morgan fingerprint density at radius 2 is 1.68 bits per heavy atom. The first kappa shape index (κ1) is 17.3. The molecule has 5 fully saturated rings. The van der Waals surface area contributed by atoms with Gasteiger partial charge in [0.1, 0.15) is 5.54 Å². The van der Waals surface area contributed by atoms with Crippen LogP contribution in [0.2, 0.25) is 0 Å². The van der Waals surface area contributed by atoms with Crippen LogP contribution in [0.15, 0.2) is 0 Å². The molecule has 5 heteroatoms. The molecule has 0 aromatic heterocycles. The predicted octanol–water partition coefficient (Wildman–Crippen LogP) is 2.90. The molecule has 4 bridgehead atoms. The van der Waals surface area contributed by atoms with Gasteiger partial charge in [0.05, 0.1) is 0 Å². The van der Waals surface area contributed by atoms with Gasteiger partial charge >= 0.3 is 6.03 Å². The van der Waals surface area contributed by atoms with Gasteiger partial charge < -0.3 is 10.6 Å². The summed E-state index contributed by atoms with van der Waals surface area (Å²) in [7, 11) is 0. The van der Waals surface area contributed by atoms with Gasteiger partial charge in [-0.3, -0.25) is 9.69 Å². The van der Waals surface area contributed by atoms with Gasteiger partial charge in [-0.2, -0.15) is 0 Å². The van der Waals surface area contributed by atoms with Crippen molar-refractivity contribution in [3.05, 3.63) is 0 Å². The van der Waals surface area contributed by atoms with Crippen molar-refractivity contribution < 1.29 is 9.59 Å². The third-order valence-electron chi connectivity index (χ3n) is 7.40. The Balaban J connectivity index is 1.37. The number of rotatable bonds is 6. The van der Waals surface area contributed by atoms with Crippen LogP contribution in [0.3, 0.4) is 0 Å². The molecular formula is C20H33N3O2. The smallest absolute Gasteiger partial charge is 0.324 e. The molecule has 0 radical (unpaired) electrons. The fraction of sp³-hybridized carbons (Fsp3) is 0.900. The predicted molar refractivity (Wildman–Crippen MR) is 97.0 cm³/mol. The first-order valence-electron chi connectivity index (χ1n) is 10.2. The Kier molecular flexibility index (Phi) is 4.13. The van der Waals surface area contributed by atoms with Gasteiger partial charge in [-0.05, 0) is 82.0 Å². The second-order valence-corrected chi connectivity index (χ2v) is 9.71. The molecule has 5 nitrogen and oxygen atoms in total. The van der Waals surface area contributed by atoms with Crippen LogP contribution in [0.25, 0.3) is 0 Å². The number of carbonyl (C=O) groups excluding carboxylic acids is 2. The maximum absolute atomic E-state index is 12.3. The highest BCUT2D eigenvalue weighted by Gasteiger charge is 2.53. The molecule has 0 aromatic carbocycles. The lowest BCUT2D eigenvalue weighted by atomic mass is 9.47. The minimum absolute atomic E-state index is 0.109. The Labute approximate surface area is 151 Å². The second kappa shape index (κ2) is 5.97. The molecular weight excluding hydrogens is 314 g/mol. The SMILES string of the molecule is CC[C@H](NCCN1C(=O)NC(C)(C)C1=O)C12CC3CC(CC(C3)C1)C2. The van der Waals surface area contributed by atoms with E-state index in [9.17, 15) is 9.59 Å². The maximum Gasteiger partial charge on any atom is 0.325 e. The molecule has 4 aliphatic carbocycles. The topological polar surface area (TPSA) is 61.4 Å². The summed E-state index contributed by atoms with van der Waals surface area (Å²) < 4.78 is 0. The van der Waals surface area contributed by atoms with Gasteiger partial charge in [0, 0.05) is 19.1 Å². The lowest BCUT2D eigenvalue weighted by molar-refractivity contribution is -0.130. The summed E-state index contributed by atoms with van der Waals surface area (Å²) in [6.45, 7) is 7.00. The summed E-state index contributed by atoms with van der Waals surface area (Å²) in [5.74, 6) is 2.75. The van der Waals surface area contributed by atoms with E-state index in [1.165, 1.54) is 43.4 Å². The number of imide groups is 1. The Hall–Kier alpha value is -1.10. The quantitative estimate of drug-likeness (QED) is 0.726. The average Bonchev–Trinajstić information content (AvgIpc) is 2.71. The molecule has 1 saturated heterocycles. The number of hydrogen-bond acceptors (Lipinski definition) is 3. The van der Waals surface area contributed by atoms with Crippen molar-refractivity contribution in [1.29, 1.82) is 0 Å². The molecule has 0 aromatic rings. The summed E-state index contributed by atoms with van der Waals surface area (Å²) in [5.41, 5.74) is -0.290. The van der Waals surface area contributed by atoms with Crippen molar-refractivity contribution in [3.8, 4) is 0 Å². The molecule has 5 aliphatic rings. The van der Waals surface area contributed by atoms with Crippen LogP contribution >= 0.6 is 0 Å². The second-order valence-electron chi connectivity index (χ2n) is 9.71. The third-order valence-corrected chi connectivity index (χ3v) is 7.40. The highest BCUT2D eigenvalue weighted by molar-refractivity contribution is 6.06. The zero-order chi connectivity index (χ0) is 17.8. The summed E-state index contributed by atoms with van der Waals surface area (Å²) >= 11 is 0. The molecule has 140 valence electrons. The Morgan fingerprint density at radius 1 is 1.12 bits per heavy atom. The fourth-order valence-corrected chi connectivity index (χ4v) is 6.77. The van der Waals surface area contributed by atoms with E-state index >= 15 is 0 Å². The van der Waals surface area contributed by atoms with E-state index in [4.69, 9.17) is 0 Å². The lowest BCUT2D eigenvalue weighted by Crippen LogP contribution is -2.56. The Morgan fingerprint density at radius 3 is 2.12 bits per heavy atom. The van der Waals surface area contributed by atoms with Crippen molar-refractivity contribution >= 4 is 11.9 Å². The number of nitrogens with zero attached hydrogens (tertiary/aromatic N) is 1. The molecule has 1 aliphatic heterocycles. The molecule has 1 atom stereocenters. The number of urea groups is 1. The summed E-state index contributed by atoms with van der Waals surface area (Å²) in [5, 5.41) is 6.51. The summed E-state index contributed by atoms with van der Waals surface area (Å²) in [4.78, 5) is 25.7. The number of hydrogen-bond donors (Lipinski definition) is 2. The van der Waals surface area contributed by atoms with Crippen LogP contribution in [-0.2, 0) is 4.79 Å².